The zero-order valence-electron chi connectivity index (χ0n) is 13.1. The molecule has 0 fully saturated rings. The zero-order valence-corrected chi connectivity index (χ0v) is 13.1. The third-order valence-electron chi connectivity index (χ3n) is 4.24. The molecule has 0 radical (unpaired) electrons. The molecule has 2 N–H and O–H groups in total. The molecule has 2 rings (SSSR count). The molecule has 1 aromatic carbocycles. The maximum atomic E-state index is 12.7. The lowest BCUT2D eigenvalue weighted by molar-refractivity contribution is -0.138. The van der Waals surface area contributed by atoms with Crippen LogP contribution in [0.2, 0.25) is 0 Å². The van der Waals surface area contributed by atoms with Crippen LogP contribution in [0, 0.1) is 0 Å². The fourth-order valence-corrected chi connectivity index (χ4v) is 3.27. The van der Waals surface area contributed by atoms with Gasteiger partial charge in [-0.05, 0) is 24.5 Å². The maximum Gasteiger partial charge on any atom is 0.242 e. The molecule has 1 atom stereocenters. The molecule has 0 aromatic heterocycles. The predicted octanol–water partition coefficient (Wildman–Crippen LogP) is 2.82. The van der Waals surface area contributed by atoms with Crippen LogP contribution in [0.1, 0.15) is 51.7 Å². The first-order valence-corrected chi connectivity index (χ1v) is 7.44. The van der Waals surface area contributed by atoms with Gasteiger partial charge >= 0.3 is 0 Å². The van der Waals surface area contributed by atoms with Crippen molar-refractivity contribution < 1.29 is 4.79 Å². The van der Waals surface area contributed by atoms with E-state index in [1.165, 1.54) is 11.1 Å². The van der Waals surface area contributed by atoms with E-state index in [0.29, 0.717) is 6.54 Å². The van der Waals surface area contributed by atoms with Gasteiger partial charge in [-0.3, -0.25) is 4.79 Å². The Morgan fingerprint density at radius 3 is 2.70 bits per heavy atom. The summed E-state index contributed by atoms with van der Waals surface area (Å²) in [6, 6.07) is 8.40. The largest absolute Gasteiger partial charge is 0.336 e. The number of nitrogens with two attached hydrogens (primary N) is 1. The second kappa shape index (κ2) is 5.21. The van der Waals surface area contributed by atoms with Crippen LogP contribution in [0.4, 0.5) is 0 Å². The first-order valence-electron chi connectivity index (χ1n) is 7.44. The number of rotatable bonds is 3. The second-order valence-corrected chi connectivity index (χ2v) is 6.87. The SMILES string of the molecule is CCCC(C)(N)C(=O)N1Cc2ccccc2C(C)(C)C1. The van der Waals surface area contributed by atoms with E-state index in [-0.39, 0.29) is 11.3 Å². The van der Waals surface area contributed by atoms with Crippen LogP contribution in [-0.2, 0) is 16.8 Å². The Labute approximate surface area is 122 Å². The zero-order chi connectivity index (χ0) is 15.0. The van der Waals surface area contributed by atoms with E-state index in [9.17, 15) is 4.79 Å². The second-order valence-electron chi connectivity index (χ2n) is 6.87. The summed E-state index contributed by atoms with van der Waals surface area (Å²) >= 11 is 0. The third-order valence-corrected chi connectivity index (χ3v) is 4.24. The lowest BCUT2D eigenvalue weighted by Gasteiger charge is -2.42. The highest BCUT2D eigenvalue weighted by Gasteiger charge is 2.38. The summed E-state index contributed by atoms with van der Waals surface area (Å²) < 4.78 is 0. The number of amides is 1. The van der Waals surface area contributed by atoms with Gasteiger partial charge in [-0.2, -0.15) is 0 Å². The summed E-state index contributed by atoms with van der Waals surface area (Å²) in [5, 5.41) is 0. The molecule has 1 aliphatic heterocycles. The van der Waals surface area contributed by atoms with Crippen LogP contribution >= 0.6 is 0 Å². The first-order chi connectivity index (χ1) is 9.28. The van der Waals surface area contributed by atoms with Crippen molar-refractivity contribution in [2.24, 2.45) is 5.73 Å². The van der Waals surface area contributed by atoms with Gasteiger partial charge < -0.3 is 10.6 Å². The van der Waals surface area contributed by atoms with E-state index in [0.717, 1.165) is 19.4 Å². The lowest BCUT2D eigenvalue weighted by atomic mass is 9.78. The number of hydrogen-bond acceptors (Lipinski definition) is 2. The number of carbonyl (C=O) groups excluding carboxylic acids is 1. The van der Waals surface area contributed by atoms with Gasteiger partial charge in [-0.15, -0.1) is 0 Å². The molecule has 1 unspecified atom stereocenters. The van der Waals surface area contributed by atoms with Crippen molar-refractivity contribution in [3.63, 3.8) is 0 Å². The Balaban J connectivity index is 2.28. The molecule has 3 nitrogen and oxygen atoms in total. The summed E-state index contributed by atoms with van der Waals surface area (Å²) in [5.74, 6) is 0.0712. The minimum Gasteiger partial charge on any atom is -0.336 e. The van der Waals surface area contributed by atoms with Gasteiger partial charge in [0.2, 0.25) is 5.91 Å². The van der Waals surface area contributed by atoms with E-state index in [1.54, 1.807) is 0 Å². The topological polar surface area (TPSA) is 46.3 Å². The van der Waals surface area contributed by atoms with E-state index in [4.69, 9.17) is 5.73 Å². The number of nitrogens with zero attached hydrogens (tertiary/aromatic N) is 1. The molecule has 3 heteroatoms. The van der Waals surface area contributed by atoms with E-state index >= 15 is 0 Å². The van der Waals surface area contributed by atoms with Crippen LogP contribution in [0.5, 0.6) is 0 Å². The quantitative estimate of drug-likeness (QED) is 0.921. The Morgan fingerprint density at radius 1 is 1.40 bits per heavy atom. The molecule has 1 amide bonds. The molecule has 110 valence electrons. The highest BCUT2D eigenvalue weighted by atomic mass is 16.2. The third kappa shape index (κ3) is 2.73. The predicted molar refractivity (Wildman–Crippen MR) is 82.4 cm³/mol. The summed E-state index contributed by atoms with van der Waals surface area (Å²) in [7, 11) is 0. The molecular weight excluding hydrogens is 248 g/mol. The lowest BCUT2D eigenvalue weighted by Crippen LogP contribution is -2.56. The van der Waals surface area contributed by atoms with Crippen LogP contribution < -0.4 is 5.73 Å². The van der Waals surface area contributed by atoms with Gasteiger partial charge in [-0.1, -0.05) is 51.5 Å². The molecule has 0 bridgehead atoms. The fraction of sp³-hybridized carbons (Fsp3) is 0.588. The number of hydrogen-bond donors (Lipinski definition) is 1. The summed E-state index contributed by atoms with van der Waals surface area (Å²) in [5.41, 5.74) is 8.03. The average molecular weight is 274 g/mol. The summed E-state index contributed by atoms with van der Waals surface area (Å²) in [4.78, 5) is 14.6. The molecule has 20 heavy (non-hydrogen) atoms. The van der Waals surface area contributed by atoms with E-state index < -0.39 is 5.54 Å². The van der Waals surface area contributed by atoms with Gasteiger partial charge in [0.05, 0.1) is 5.54 Å². The van der Waals surface area contributed by atoms with Gasteiger partial charge in [0.1, 0.15) is 0 Å². The molecule has 1 heterocycles. The summed E-state index contributed by atoms with van der Waals surface area (Å²) in [6.07, 6.45) is 1.65. The van der Waals surface area contributed by atoms with Gasteiger partial charge in [-0.25, -0.2) is 0 Å². The maximum absolute atomic E-state index is 12.7. The Bertz CT molecular complexity index is 505. The number of fused-ring (bicyclic) bond motifs is 1. The normalized spacial score (nSPS) is 20.1. The Hall–Kier alpha value is -1.35. The van der Waals surface area contributed by atoms with Crippen molar-refractivity contribution in [3.05, 3.63) is 35.4 Å². The minimum atomic E-state index is -0.753. The van der Waals surface area contributed by atoms with Crippen LogP contribution in [0.15, 0.2) is 24.3 Å². The average Bonchev–Trinajstić information content (AvgIpc) is 2.37. The van der Waals surface area contributed by atoms with Crippen molar-refractivity contribution in [2.45, 2.75) is 58.0 Å². The first kappa shape index (κ1) is 15.0. The molecule has 0 aliphatic carbocycles. The Morgan fingerprint density at radius 2 is 2.05 bits per heavy atom. The van der Waals surface area contributed by atoms with Crippen LogP contribution in [0.25, 0.3) is 0 Å². The summed E-state index contributed by atoms with van der Waals surface area (Å²) in [6.45, 7) is 9.71. The highest BCUT2D eigenvalue weighted by Crippen LogP contribution is 2.34. The van der Waals surface area contributed by atoms with Gasteiger partial charge in [0.15, 0.2) is 0 Å². The Kier molecular flexibility index (Phi) is 3.92. The van der Waals surface area contributed by atoms with Crippen molar-refractivity contribution in [2.75, 3.05) is 6.54 Å². The standard InChI is InChI=1S/C17H26N2O/c1-5-10-17(4,18)15(20)19-11-13-8-6-7-9-14(13)16(2,3)12-19/h6-9H,5,10-12,18H2,1-4H3. The molecule has 1 aliphatic rings. The fourth-order valence-electron chi connectivity index (χ4n) is 3.27. The van der Waals surface area contributed by atoms with Gasteiger partial charge in [0, 0.05) is 18.5 Å². The number of benzene rings is 1. The van der Waals surface area contributed by atoms with E-state index in [2.05, 4.69) is 39.0 Å². The molecular formula is C17H26N2O. The molecule has 1 aromatic rings. The molecule has 0 saturated carbocycles. The van der Waals surface area contributed by atoms with Crippen LogP contribution in [-0.4, -0.2) is 22.9 Å². The number of carbonyl (C=O) groups is 1. The molecule has 0 saturated heterocycles. The van der Waals surface area contributed by atoms with Crippen LogP contribution in [0.3, 0.4) is 0 Å². The van der Waals surface area contributed by atoms with Crippen molar-refractivity contribution in [3.8, 4) is 0 Å². The van der Waals surface area contributed by atoms with Gasteiger partial charge in [0.25, 0.3) is 0 Å². The van der Waals surface area contributed by atoms with E-state index in [1.807, 2.05) is 17.9 Å². The molecule has 0 spiro atoms. The van der Waals surface area contributed by atoms with Crippen molar-refractivity contribution in [1.29, 1.82) is 0 Å². The highest BCUT2D eigenvalue weighted by molar-refractivity contribution is 5.86. The van der Waals surface area contributed by atoms with Crippen molar-refractivity contribution in [1.82, 2.24) is 4.90 Å². The van der Waals surface area contributed by atoms with Crippen molar-refractivity contribution >= 4 is 5.91 Å². The smallest absolute Gasteiger partial charge is 0.242 e. The monoisotopic (exact) mass is 274 g/mol. The minimum absolute atomic E-state index is 0.0210.